The van der Waals surface area contributed by atoms with Crippen LogP contribution in [0, 0.1) is 6.92 Å². The third-order valence-corrected chi connectivity index (χ3v) is 7.53. The number of anilines is 2. The van der Waals surface area contributed by atoms with E-state index in [2.05, 4.69) is 38.1 Å². The molecule has 2 aromatic rings. The van der Waals surface area contributed by atoms with E-state index in [0.717, 1.165) is 54.9 Å². The van der Waals surface area contributed by atoms with Gasteiger partial charge in [-0.05, 0) is 75.6 Å². The molecule has 186 valence electrons. The van der Waals surface area contributed by atoms with E-state index in [-0.39, 0.29) is 18.2 Å². The predicted octanol–water partition coefficient (Wildman–Crippen LogP) is 3.73. The number of piperazine rings is 1. The largest absolute Gasteiger partial charge is 0.336 e. The maximum absolute atomic E-state index is 13.5. The lowest BCUT2D eigenvalue weighted by Gasteiger charge is -2.33. The van der Waals surface area contributed by atoms with Crippen LogP contribution in [0.25, 0.3) is 0 Å². The number of aryl methyl sites for hydroxylation is 1. The molecular formula is C26H32BrN5O2S. The molecule has 2 aliphatic heterocycles. The Balaban J connectivity index is 1.46. The van der Waals surface area contributed by atoms with Crippen molar-refractivity contribution in [3.05, 3.63) is 58.6 Å². The highest BCUT2D eigenvalue weighted by molar-refractivity contribution is 9.10. The van der Waals surface area contributed by atoms with E-state index in [0.29, 0.717) is 17.3 Å². The van der Waals surface area contributed by atoms with Crippen molar-refractivity contribution >= 4 is 56.4 Å². The maximum atomic E-state index is 13.5. The monoisotopic (exact) mass is 557 g/mol. The normalized spacial score (nSPS) is 19.5. The molecule has 4 rings (SSSR count). The molecule has 2 fully saturated rings. The van der Waals surface area contributed by atoms with Crippen LogP contribution in [0.5, 0.6) is 0 Å². The zero-order valence-electron chi connectivity index (χ0n) is 20.2. The summed E-state index contributed by atoms with van der Waals surface area (Å²) in [6.07, 6.45) is 0.926. The van der Waals surface area contributed by atoms with Gasteiger partial charge in [-0.25, -0.2) is 0 Å². The van der Waals surface area contributed by atoms with E-state index in [1.165, 1.54) is 0 Å². The average Bonchev–Trinajstić information content (AvgIpc) is 3.06. The van der Waals surface area contributed by atoms with Crippen LogP contribution in [0.15, 0.2) is 53.0 Å². The summed E-state index contributed by atoms with van der Waals surface area (Å²) < 4.78 is 0.937. The van der Waals surface area contributed by atoms with Gasteiger partial charge in [0, 0.05) is 42.9 Å². The predicted molar refractivity (Wildman–Crippen MR) is 148 cm³/mol. The van der Waals surface area contributed by atoms with E-state index in [1.54, 1.807) is 4.90 Å². The van der Waals surface area contributed by atoms with E-state index >= 15 is 0 Å². The molecule has 0 radical (unpaired) electrons. The molecule has 0 saturated carbocycles. The first-order valence-corrected chi connectivity index (χ1v) is 13.2. The van der Waals surface area contributed by atoms with Crippen molar-refractivity contribution in [2.75, 3.05) is 56.5 Å². The fourth-order valence-corrected chi connectivity index (χ4v) is 5.15. The molecule has 2 aromatic carbocycles. The Labute approximate surface area is 221 Å². The first kappa shape index (κ1) is 25.8. The minimum absolute atomic E-state index is 0.0475. The highest BCUT2D eigenvalue weighted by atomic mass is 79.9. The Bertz CT molecular complexity index is 1050. The SMILES string of the molecule is Cc1ccc(N2C(=O)[C@@H](CC(=O)Nc3ccc(Br)cc3)N(CCCN3CCN(C)CC3)C2=S)cc1. The maximum Gasteiger partial charge on any atom is 0.256 e. The molecule has 0 bridgehead atoms. The molecule has 0 aliphatic carbocycles. The number of likely N-dealkylation sites (N-methyl/N-ethyl adjacent to an activating group) is 1. The average molecular weight is 559 g/mol. The van der Waals surface area contributed by atoms with Crippen molar-refractivity contribution in [2.45, 2.75) is 25.8 Å². The smallest absolute Gasteiger partial charge is 0.256 e. The fraction of sp³-hybridized carbons (Fsp3) is 0.423. The minimum Gasteiger partial charge on any atom is -0.336 e. The molecule has 0 aromatic heterocycles. The van der Waals surface area contributed by atoms with Crippen molar-refractivity contribution in [2.24, 2.45) is 0 Å². The Kier molecular flexibility index (Phi) is 8.54. The zero-order valence-corrected chi connectivity index (χ0v) is 22.6. The summed E-state index contributed by atoms with van der Waals surface area (Å²) in [5.74, 6) is -0.354. The lowest BCUT2D eigenvalue weighted by molar-refractivity contribution is -0.124. The second kappa shape index (κ2) is 11.6. The minimum atomic E-state index is -0.619. The summed E-state index contributed by atoms with van der Waals surface area (Å²) in [5, 5.41) is 3.38. The lowest BCUT2D eigenvalue weighted by Crippen LogP contribution is -2.45. The second-order valence-corrected chi connectivity index (χ2v) is 10.5. The molecular weight excluding hydrogens is 526 g/mol. The summed E-state index contributed by atoms with van der Waals surface area (Å²) in [4.78, 5) is 34.8. The third-order valence-electron chi connectivity index (χ3n) is 6.59. The van der Waals surface area contributed by atoms with Gasteiger partial charge in [0.25, 0.3) is 5.91 Å². The number of hydrogen-bond donors (Lipinski definition) is 1. The number of thiocarbonyl (C=S) groups is 1. The van der Waals surface area contributed by atoms with Crippen molar-refractivity contribution < 1.29 is 9.59 Å². The van der Waals surface area contributed by atoms with Crippen molar-refractivity contribution in [3.8, 4) is 0 Å². The van der Waals surface area contributed by atoms with E-state index in [4.69, 9.17) is 12.2 Å². The van der Waals surface area contributed by atoms with Gasteiger partial charge in [-0.3, -0.25) is 14.5 Å². The van der Waals surface area contributed by atoms with Crippen LogP contribution in [0.1, 0.15) is 18.4 Å². The Morgan fingerprint density at radius 1 is 1.03 bits per heavy atom. The molecule has 2 heterocycles. The molecule has 9 heteroatoms. The Morgan fingerprint density at radius 2 is 1.69 bits per heavy atom. The van der Waals surface area contributed by atoms with E-state index in [1.807, 2.05) is 60.4 Å². The number of rotatable bonds is 8. The fourth-order valence-electron chi connectivity index (χ4n) is 4.48. The number of nitrogens with zero attached hydrogens (tertiary/aromatic N) is 4. The van der Waals surface area contributed by atoms with Crippen molar-refractivity contribution in [3.63, 3.8) is 0 Å². The standard InChI is InChI=1S/C26H32BrN5O2S/c1-19-4-10-22(11-5-19)32-25(34)23(18-24(33)28-21-8-6-20(27)7-9-21)31(26(32)35)13-3-12-30-16-14-29(2)15-17-30/h4-11,23H,3,12-18H2,1-2H3,(H,28,33)/t23-/m1/s1. The van der Waals surface area contributed by atoms with Gasteiger partial charge in [-0.2, -0.15) is 0 Å². The Morgan fingerprint density at radius 3 is 2.34 bits per heavy atom. The van der Waals surface area contributed by atoms with Crippen LogP contribution in [0.4, 0.5) is 11.4 Å². The molecule has 35 heavy (non-hydrogen) atoms. The summed E-state index contributed by atoms with van der Waals surface area (Å²) in [7, 11) is 2.15. The van der Waals surface area contributed by atoms with Crippen molar-refractivity contribution in [1.82, 2.24) is 14.7 Å². The van der Waals surface area contributed by atoms with Crippen LogP contribution in [0.2, 0.25) is 0 Å². The summed E-state index contributed by atoms with van der Waals surface area (Å²) in [5.41, 5.74) is 2.55. The van der Waals surface area contributed by atoms with Gasteiger partial charge < -0.3 is 20.0 Å². The highest BCUT2D eigenvalue weighted by Crippen LogP contribution is 2.28. The highest BCUT2D eigenvalue weighted by Gasteiger charge is 2.43. The topological polar surface area (TPSA) is 59.1 Å². The molecule has 1 atom stereocenters. The van der Waals surface area contributed by atoms with Gasteiger partial charge in [0.05, 0.1) is 12.1 Å². The first-order valence-electron chi connectivity index (χ1n) is 12.0. The second-order valence-electron chi connectivity index (χ2n) is 9.26. The van der Waals surface area contributed by atoms with Crippen LogP contribution in [-0.2, 0) is 9.59 Å². The van der Waals surface area contributed by atoms with Gasteiger partial charge in [0.2, 0.25) is 5.91 Å². The van der Waals surface area contributed by atoms with E-state index < -0.39 is 6.04 Å². The van der Waals surface area contributed by atoms with Gasteiger partial charge in [-0.1, -0.05) is 33.6 Å². The number of benzene rings is 2. The van der Waals surface area contributed by atoms with Crippen LogP contribution < -0.4 is 10.2 Å². The first-order chi connectivity index (χ1) is 16.8. The summed E-state index contributed by atoms with van der Waals surface area (Å²) >= 11 is 9.19. The summed E-state index contributed by atoms with van der Waals surface area (Å²) in [6, 6.07) is 14.5. The van der Waals surface area contributed by atoms with Crippen LogP contribution in [-0.4, -0.2) is 84.0 Å². The van der Waals surface area contributed by atoms with E-state index in [9.17, 15) is 9.59 Å². The zero-order chi connectivity index (χ0) is 24.9. The molecule has 0 unspecified atom stereocenters. The molecule has 7 nitrogen and oxygen atoms in total. The number of hydrogen-bond acceptors (Lipinski definition) is 5. The number of amides is 2. The van der Waals surface area contributed by atoms with Gasteiger partial charge in [-0.15, -0.1) is 0 Å². The third kappa shape index (κ3) is 6.46. The number of carbonyl (C=O) groups excluding carboxylic acids is 2. The Hall–Kier alpha value is -2.33. The van der Waals surface area contributed by atoms with Crippen LogP contribution >= 0.6 is 28.1 Å². The number of carbonyl (C=O) groups is 2. The van der Waals surface area contributed by atoms with Gasteiger partial charge in [0.1, 0.15) is 6.04 Å². The molecule has 2 amide bonds. The number of halogens is 1. The molecule has 0 spiro atoms. The lowest BCUT2D eigenvalue weighted by atomic mass is 10.1. The molecule has 2 saturated heterocycles. The molecule has 2 aliphatic rings. The molecule has 1 N–H and O–H groups in total. The number of nitrogens with one attached hydrogen (secondary N) is 1. The van der Waals surface area contributed by atoms with Gasteiger partial charge >= 0.3 is 0 Å². The van der Waals surface area contributed by atoms with Crippen molar-refractivity contribution in [1.29, 1.82) is 0 Å². The van der Waals surface area contributed by atoms with Gasteiger partial charge in [0.15, 0.2) is 5.11 Å². The summed E-state index contributed by atoms with van der Waals surface area (Å²) in [6.45, 7) is 7.83. The quantitative estimate of drug-likeness (QED) is 0.499. The van der Waals surface area contributed by atoms with Crippen LogP contribution in [0.3, 0.4) is 0 Å².